The van der Waals surface area contributed by atoms with Gasteiger partial charge < -0.3 is 15.1 Å². The van der Waals surface area contributed by atoms with Crippen molar-refractivity contribution in [3.8, 4) is 0 Å². The van der Waals surface area contributed by atoms with Gasteiger partial charge in [0, 0.05) is 50.9 Å². The molecule has 1 heterocycles. The van der Waals surface area contributed by atoms with Gasteiger partial charge >= 0.3 is 0 Å². The van der Waals surface area contributed by atoms with Crippen molar-refractivity contribution >= 4 is 35.6 Å². The zero-order valence-electron chi connectivity index (χ0n) is 16.2. The molecule has 0 aliphatic carbocycles. The molecule has 1 fully saturated rings. The molecule has 1 saturated heterocycles. The second kappa shape index (κ2) is 7.93. The summed E-state index contributed by atoms with van der Waals surface area (Å²) in [5.74, 6) is 1.01. The van der Waals surface area contributed by atoms with E-state index in [1.807, 2.05) is 7.05 Å². The smallest absolute Gasteiger partial charge is 0.194 e. The molecule has 24 heavy (non-hydrogen) atoms. The molecule has 0 saturated carbocycles. The van der Waals surface area contributed by atoms with E-state index in [9.17, 15) is 0 Å². The Kier molecular flexibility index (Phi) is 6.96. The molecular formula is C19H33IN4. The first kappa shape index (κ1) is 21.1. The molecule has 1 N–H and O–H groups in total. The van der Waals surface area contributed by atoms with E-state index in [1.54, 1.807) is 0 Å². The predicted molar refractivity (Wildman–Crippen MR) is 116 cm³/mol. The normalized spacial score (nSPS) is 18.5. The molecule has 4 nitrogen and oxygen atoms in total. The number of nitrogens with one attached hydrogen (secondary N) is 1. The maximum atomic E-state index is 4.46. The molecule has 0 radical (unpaired) electrons. The van der Waals surface area contributed by atoms with Crippen LogP contribution < -0.4 is 10.2 Å². The molecule has 0 amide bonds. The van der Waals surface area contributed by atoms with Crippen molar-refractivity contribution < 1.29 is 0 Å². The van der Waals surface area contributed by atoms with Crippen LogP contribution in [0.15, 0.2) is 29.3 Å². The van der Waals surface area contributed by atoms with E-state index in [0.29, 0.717) is 5.41 Å². The number of guanidine groups is 1. The Balaban J connectivity index is 0.00000288. The number of rotatable bonds is 4. The molecule has 1 aromatic carbocycles. The maximum absolute atomic E-state index is 4.46. The molecule has 0 unspecified atom stereocenters. The maximum Gasteiger partial charge on any atom is 0.194 e. The van der Waals surface area contributed by atoms with Crippen molar-refractivity contribution in [1.82, 2.24) is 10.2 Å². The highest BCUT2D eigenvalue weighted by Crippen LogP contribution is 2.46. The van der Waals surface area contributed by atoms with Crippen LogP contribution in [-0.2, 0) is 6.42 Å². The molecule has 1 aliphatic heterocycles. The van der Waals surface area contributed by atoms with Gasteiger partial charge in [-0.2, -0.15) is 0 Å². The molecule has 1 aliphatic rings. The lowest BCUT2D eigenvalue weighted by molar-refractivity contribution is -0.0666. The minimum atomic E-state index is 0. The fraction of sp³-hybridized carbons (Fsp3) is 0.632. The number of nitrogens with zero attached hydrogens (tertiary/aromatic N) is 3. The standard InChI is InChI=1S/C19H32N4.HI/c1-18(2)14-23(19(18,3)4)17(20-5)21-13-12-15-8-10-16(11-9-15)22(6)7;/h8-11H,12-14H2,1-7H3,(H,20,21);1H. The fourth-order valence-electron chi connectivity index (χ4n) is 2.97. The van der Waals surface area contributed by atoms with Crippen molar-refractivity contribution in [3.05, 3.63) is 29.8 Å². The number of benzene rings is 1. The van der Waals surface area contributed by atoms with Gasteiger partial charge in [0.15, 0.2) is 5.96 Å². The van der Waals surface area contributed by atoms with Gasteiger partial charge in [0.2, 0.25) is 0 Å². The molecule has 1 aromatic rings. The van der Waals surface area contributed by atoms with Crippen LogP contribution in [0.25, 0.3) is 0 Å². The number of hydrogen-bond donors (Lipinski definition) is 1. The summed E-state index contributed by atoms with van der Waals surface area (Å²) in [4.78, 5) is 8.96. The molecule has 136 valence electrons. The lowest BCUT2D eigenvalue weighted by Crippen LogP contribution is -2.72. The van der Waals surface area contributed by atoms with E-state index in [0.717, 1.165) is 25.5 Å². The molecule has 2 rings (SSSR count). The van der Waals surface area contributed by atoms with Gasteiger partial charge in [-0.3, -0.25) is 4.99 Å². The number of aliphatic imine (C=N–C) groups is 1. The predicted octanol–water partition coefficient (Wildman–Crippen LogP) is 3.61. The van der Waals surface area contributed by atoms with Gasteiger partial charge in [-0.15, -0.1) is 24.0 Å². The van der Waals surface area contributed by atoms with Crippen LogP contribution in [0.5, 0.6) is 0 Å². The van der Waals surface area contributed by atoms with Crippen LogP contribution in [0.4, 0.5) is 5.69 Å². The van der Waals surface area contributed by atoms with Gasteiger partial charge in [0.1, 0.15) is 0 Å². The van der Waals surface area contributed by atoms with Crippen LogP contribution in [0, 0.1) is 5.41 Å². The van der Waals surface area contributed by atoms with E-state index >= 15 is 0 Å². The minimum absolute atomic E-state index is 0. The summed E-state index contributed by atoms with van der Waals surface area (Å²) in [7, 11) is 6.00. The van der Waals surface area contributed by atoms with E-state index in [-0.39, 0.29) is 29.5 Å². The first-order valence-electron chi connectivity index (χ1n) is 8.43. The van der Waals surface area contributed by atoms with E-state index in [2.05, 4.69) is 86.2 Å². The molecular weight excluding hydrogens is 411 g/mol. The summed E-state index contributed by atoms with van der Waals surface area (Å²) < 4.78 is 0. The second-order valence-corrected chi connectivity index (χ2v) is 7.81. The van der Waals surface area contributed by atoms with Crippen LogP contribution >= 0.6 is 24.0 Å². The van der Waals surface area contributed by atoms with Crippen molar-refractivity contribution in [3.63, 3.8) is 0 Å². The summed E-state index contributed by atoms with van der Waals surface area (Å²) in [6.07, 6.45) is 1.00. The number of hydrogen-bond acceptors (Lipinski definition) is 2. The summed E-state index contributed by atoms with van der Waals surface area (Å²) in [5.41, 5.74) is 3.05. The summed E-state index contributed by atoms with van der Waals surface area (Å²) in [6.45, 7) is 11.2. The highest BCUT2D eigenvalue weighted by Gasteiger charge is 2.53. The summed E-state index contributed by atoms with van der Waals surface area (Å²) in [5, 5.41) is 3.52. The Morgan fingerprint density at radius 1 is 1.17 bits per heavy atom. The largest absolute Gasteiger partial charge is 0.378 e. The van der Waals surface area contributed by atoms with E-state index in [4.69, 9.17) is 0 Å². The van der Waals surface area contributed by atoms with Crippen LogP contribution in [0.3, 0.4) is 0 Å². The zero-order valence-corrected chi connectivity index (χ0v) is 18.5. The first-order chi connectivity index (χ1) is 10.7. The monoisotopic (exact) mass is 444 g/mol. The number of likely N-dealkylation sites (tertiary alicyclic amines) is 1. The number of anilines is 1. The summed E-state index contributed by atoms with van der Waals surface area (Å²) >= 11 is 0. The highest BCUT2D eigenvalue weighted by molar-refractivity contribution is 14.0. The molecule has 0 bridgehead atoms. The molecule has 0 atom stereocenters. The Labute approximate surface area is 164 Å². The Morgan fingerprint density at radius 2 is 1.75 bits per heavy atom. The lowest BCUT2D eigenvalue weighted by Gasteiger charge is -2.62. The Hall–Kier alpha value is -0.980. The average Bonchev–Trinajstić information content (AvgIpc) is 2.50. The Bertz CT molecular complexity index is 561. The Morgan fingerprint density at radius 3 is 2.17 bits per heavy atom. The average molecular weight is 444 g/mol. The van der Waals surface area contributed by atoms with E-state index in [1.165, 1.54) is 11.3 Å². The first-order valence-corrected chi connectivity index (χ1v) is 8.43. The quantitative estimate of drug-likeness (QED) is 0.438. The highest BCUT2D eigenvalue weighted by atomic mass is 127. The van der Waals surface area contributed by atoms with Crippen LogP contribution in [0.1, 0.15) is 33.3 Å². The zero-order chi connectivity index (χ0) is 17.3. The van der Waals surface area contributed by atoms with Gasteiger partial charge in [0.05, 0.1) is 0 Å². The fourth-order valence-corrected chi connectivity index (χ4v) is 2.97. The molecule has 0 aromatic heterocycles. The number of halogens is 1. The van der Waals surface area contributed by atoms with Crippen LogP contribution in [0.2, 0.25) is 0 Å². The van der Waals surface area contributed by atoms with E-state index < -0.39 is 0 Å². The lowest BCUT2D eigenvalue weighted by atomic mass is 9.65. The van der Waals surface area contributed by atoms with Gasteiger partial charge in [-0.1, -0.05) is 26.0 Å². The van der Waals surface area contributed by atoms with Crippen molar-refractivity contribution in [2.24, 2.45) is 10.4 Å². The van der Waals surface area contributed by atoms with Crippen molar-refractivity contribution in [1.29, 1.82) is 0 Å². The SMILES string of the molecule is CN=C(NCCc1ccc(N(C)C)cc1)N1CC(C)(C)C1(C)C.I. The third kappa shape index (κ3) is 4.16. The second-order valence-electron chi connectivity index (χ2n) is 7.81. The van der Waals surface area contributed by atoms with Crippen molar-refractivity contribution in [2.45, 2.75) is 39.7 Å². The van der Waals surface area contributed by atoms with Gasteiger partial charge in [-0.25, -0.2) is 0 Å². The van der Waals surface area contributed by atoms with Crippen LogP contribution in [-0.4, -0.2) is 50.6 Å². The van der Waals surface area contributed by atoms with Gasteiger partial charge in [0.25, 0.3) is 0 Å². The third-order valence-electron chi connectivity index (χ3n) is 5.50. The minimum Gasteiger partial charge on any atom is -0.378 e. The molecule has 0 spiro atoms. The van der Waals surface area contributed by atoms with Crippen molar-refractivity contribution in [2.75, 3.05) is 39.1 Å². The molecule has 5 heteroatoms. The summed E-state index contributed by atoms with van der Waals surface area (Å²) in [6, 6.07) is 8.75. The third-order valence-corrected chi connectivity index (χ3v) is 5.50. The van der Waals surface area contributed by atoms with Gasteiger partial charge in [-0.05, 0) is 38.0 Å². The topological polar surface area (TPSA) is 30.9 Å².